The minimum Gasteiger partial charge on any atom is -0.497 e. The van der Waals surface area contributed by atoms with E-state index in [0.717, 1.165) is 28.5 Å². The maximum absolute atomic E-state index is 13.1. The summed E-state index contributed by atoms with van der Waals surface area (Å²) in [6.45, 7) is 1.05. The number of aromatic nitrogens is 3. The predicted octanol–water partition coefficient (Wildman–Crippen LogP) is 4.38. The minimum atomic E-state index is -1.03. The first-order valence-electron chi connectivity index (χ1n) is 12.2. The molecular weight excluding hydrogens is 472 g/mol. The van der Waals surface area contributed by atoms with E-state index in [-0.39, 0.29) is 12.5 Å². The molecule has 0 radical (unpaired) electrons. The van der Waals surface area contributed by atoms with Crippen molar-refractivity contribution in [2.45, 2.75) is 31.4 Å². The van der Waals surface area contributed by atoms with Gasteiger partial charge in [0.15, 0.2) is 0 Å². The molecule has 0 saturated carbocycles. The molecule has 190 valence electrons. The number of hydrogen-bond donors (Lipinski definition) is 1. The number of carbonyl (C=O) groups excluding carboxylic acids is 1. The van der Waals surface area contributed by atoms with E-state index in [9.17, 15) is 14.7 Å². The first-order valence-corrected chi connectivity index (χ1v) is 12.2. The molecule has 9 nitrogen and oxygen atoms in total. The number of piperidine rings is 1. The van der Waals surface area contributed by atoms with Crippen LogP contribution in [0.3, 0.4) is 0 Å². The van der Waals surface area contributed by atoms with Crippen LogP contribution >= 0.6 is 0 Å². The third-order valence-corrected chi connectivity index (χ3v) is 6.80. The Labute approximate surface area is 214 Å². The van der Waals surface area contributed by atoms with Crippen molar-refractivity contribution < 1.29 is 24.2 Å². The molecule has 1 aliphatic heterocycles. The molecule has 0 aliphatic carbocycles. The van der Waals surface area contributed by atoms with Crippen molar-refractivity contribution in [3.05, 3.63) is 89.7 Å². The van der Waals surface area contributed by atoms with Gasteiger partial charge in [-0.2, -0.15) is 0 Å². The fourth-order valence-electron chi connectivity index (χ4n) is 4.70. The number of hydrogen-bond acceptors (Lipinski definition) is 6. The highest BCUT2D eigenvalue weighted by Gasteiger charge is 2.37. The number of benzene rings is 3. The normalized spacial score (nSPS) is 17.5. The van der Waals surface area contributed by atoms with E-state index in [1.807, 2.05) is 60.8 Å². The Bertz CT molecular complexity index is 1400. The summed E-state index contributed by atoms with van der Waals surface area (Å²) in [5, 5.41) is 20.1. The van der Waals surface area contributed by atoms with Crippen LogP contribution < -0.4 is 4.74 Å². The van der Waals surface area contributed by atoms with Gasteiger partial charge in [-0.25, -0.2) is 9.59 Å². The number of likely N-dealkylation sites (tertiary alicyclic amines) is 1. The number of fused-ring (bicyclic) bond motifs is 1. The first kappa shape index (κ1) is 24.3. The van der Waals surface area contributed by atoms with E-state index in [1.165, 1.54) is 4.90 Å². The molecule has 1 saturated heterocycles. The second-order valence-electron chi connectivity index (χ2n) is 9.13. The van der Waals surface area contributed by atoms with Gasteiger partial charge in [0.25, 0.3) is 0 Å². The molecule has 0 bridgehead atoms. The summed E-state index contributed by atoms with van der Waals surface area (Å²) in [5.74, 6) is 0.0680. The highest BCUT2D eigenvalue weighted by atomic mass is 16.5. The molecule has 2 atom stereocenters. The van der Waals surface area contributed by atoms with E-state index in [1.54, 1.807) is 23.9 Å². The Morgan fingerprint density at radius 3 is 2.59 bits per heavy atom. The number of amides is 1. The summed E-state index contributed by atoms with van der Waals surface area (Å²) in [4.78, 5) is 26.0. The molecule has 5 rings (SSSR count). The molecule has 1 aromatic heterocycles. The van der Waals surface area contributed by atoms with Crippen LogP contribution in [0.1, 0.15) is 34.0 Å². The molecule has 1 aliphatic rings. The van der Waals surface area contributed by atoms with Crippen molar-refractivity contribution in [1.29, 1.82) is 0 Å². The summed E-state index contributed by atoms with van der Waals surface area (Å²) in [6, 6.07) is 21.0. The fourth-order valence-corrected chi connectivity index (χ4v) is 4.70. The summed E-state index contributed by atoms with van der Waals surface area (Å²) < 4.78 is 12.9. The zero-order chi connectivity index (χ0) is 25.8. The van der Waals surface area contributed by atoms with E-state index in [2.05, 4.69) is 10.3 Å². The van der Waals surface area contributed by atoms with Crippen LogP contribution in [-0.2, 0) is 17.7 Å². The Balaban J connectivity index is 1.30. The van der Waals surface area contributed by atoms with Gasteiger partial charge in [0, 0.05) is 25.2 Å². The highest BCUT2D eigenvalue weighted by molar-refractivity contribution is 5.95. The maximum Gasteiger partial charge on any atom is 0.407 e. The van der Waals surface area contributed by atoms with E-state index in [4.69, 9.17) is 9.47 Å². The van der Waals surface area contributed by atoms with Gasteiger partial charge in [0.1, 0.15) is 11.9 Å². The molecule has 0 spiro atoms. The largest absolute Gasteiger partial charge is 0.497 e. The van der Waals surface area contributed by atoms with Crippen LogP contribution in [0.4, 0.5) is 4.79 Å². The summed E-state index contributed by atoms with van der Waals surface area (Å²) in [5.41, 5.74) is 2.26. The lowest BCUT2D eigenvalue weighted by Gasteiger charge is -2.35. The van der Waals surface area contributed by atoms with Crippen molar-refractivity contribution in [2.24, 2.45) is 0 Å². The lowest BCUT2D eigenvalue weighted by atomic mass is 9.91. The van der Waals surface area contributed by atoms with E-state index >= 15 is 0 Å². The molecule has 1 N–H and O–H groups in total. The Kier molecular flexibility index (Phi) is 7.02. The Hall–Kier alpha value is -4.40. The third-order valence-electron chi connectivity index (χ3n) is 6.80. The molecule has 37 heavy (non-hydrogen) atoms. The second kappa shape index (κ2) is 10.7. The van der Waals surface area contributed by atoms with E-state index < -0.39 is 18.2 Å². The summed E-state index contributed by atoms with van der Waals surface area (Å²) in [6.07, 6.45) is 1.41. The van der Waals surface area contributed by atoms with E-state index in [0.29, 0.717) is 30.8 Å². The average molecular weight is 501 g/mol. The third kappa shape index (κ3) is 5.55. The van der Waals surface area contributed by atoms with Crippen molar-refractivity contribution in [2.75, 3.05) is 20.2 Å². The van der Waals surface area contributed by atoms with Gasteiger partial charge in [0.2, 0.25) is 0 Å². The molecule has 2 heterocycles. The molecule has 0 unspecified atom stereocenters. The van der Waals surface area contributed by atoms with Gasteiger partial charge in [-0.3, -0.25) is 4.68 Å². The highest BCUT2D eigenvalue weighted by Crippen LogP contribution is 2.30. The maximum atomic E-state index is 13.1. The molecular formula is C28H28N4O5. The number of rotatable bonds is 7. The molecule has 3 aromatic carbocycles. The van der Waals surface area contributed by atoms with Crippen molar-refractivity contribution in [3.63, 3.8) is 0 Å². The summed E-state index contributed by atoms with van der Waals surface area (Å²) in [7, 11) is 1.64. The Morgan fingerprint density at radius 1 is 1.05 bits per heavy atom. The number of carbonyl (C=O) groups is 2. The van der Waals surface area contributed by atoms with Gasteiger partial charge in [-0.15, -0.1) is 5.10 Å². The van der Waals surface area contributed by atoms with Gasteiger partial charge >= 0.3 is 12.1 Å². The number of ether oxygens (including phenoxy) is 2. The topological polar surface area (TPSA) is 107 Å². The SMILES string of the molecule is COc1ccc(CCn2cc([C@@H]3CCN(C(=O)O)C[C@H]3OC(=O)c3ccc4ccccc4c3)nn2)cc1. The first-order chi connectivity index (χ1) is 18.0. The zero-order valence-electron chi connectivity index (χ0n) is 20.5. The number of aryl methyl sites for hydroxylation is 2. The minimum absolute atomic E-state index is 0.0814. The van der Waals surface area contributed by atoms with Crippen molar-refractivity contribution >= 4 is 22.8 Å². The number of nitrogens with zero attached hydrogens (tertiary/aromatic N) is 4. The van der Waals surface area contributed by atoms with Gasteiger partial charge in [0.05, 0.1) is 24.9 Å². The van der Waals surface area contributed by atoms with Crippen LogP contribution in [0.25, 0.3) is 10.8 Å². The van der Waals surface area contributed by atoms with Crippen molar-refractivity contribution in [1.82, 2.24) is 19.9 Å². The van der Waals surface area contributed by atoms with Gasteiger partial charge in [-0.1, -0.05) is 47.7 Å². The zero-order valence-corrected chi connectivity index (χ0v) is 20.5. The monoisotopic (exact) mass is 500 g/mol. The van der Waals surface area contributed by atoms with Gasteiger partial charge < -0.3 is 19.5 Å². The van der Waals surface area contributed by atoms with Crippen LogP contribution in [-0.4, -0.2) is 63.4 Å². The second-order valence-corrected chi connectivity index (χ2v) is 9.13. The summed E-state index contributed by atoms with van der Waals surface area (Å²) >= 11 is 0. The lowest BCUT2D eigenvalue weighted by Crippen LogP contribution is -2.47. The van der Waals surface area contributed by atoms with Gasteiger partial charge in [-0.05, 0) is 53.4 Å². The smallest absolute Gasteiger partial charge is 0.407 e. The quantitative estimate of drug-likeness (QED) is 0.376. The van der Waals surface area contributed by atoms with Crippen LogP contribution in [0.5, 0.6) is 5.75 Å². The number of methoxy groups -OCH3 is 1. The standard InChI is InChI=1S/C28H28N4O5/c1-36-23-10-6-19(7-11-23)12-15-32-17-25(29-30-32)24-13-14-31(28(34)35)18-26(24)37-27(33)22-9-8-20-4-2-3-5-21(20)16-22/h2-11,16-17,24,26H,12-15,18H2,1H3,(H,34,35)/t24-,26+/m0/s1. The van der Waals surface area contributed by atoms with Crippen LogP contribution in [0, 0.1) is 0 Å². The lowest BCUT2D eigenvalue weighted by molar-refractivity contribution is -0.000592. The number of esters is 1. The van der Waals surface area contributed by atoms with Crippen molar-refractivity contribution in [3.8, 4) is 5.75 Å². The molecule has 1 fully saturated rings. The molecule has 9 heteroatoms. The van der Waals surface area contributed by atoms with Crippen LogP contribution in [0.2, 0.25) is 0 Å². The molecule has 1 amide bonds. The molecule has 4 aromatic rings. The average Bonchev–Trinajstić information content (AvgIpc) is 3.40. The van der Waals surface area contributed by atoms with Crippen LogP contribution in [0.15, 0.2) is 72.9 Å². The predicted molar refractivity (Wildman–Crippen MR) is 137 cm³/mol. The fraction of sp³-hybridized carbons (Fsp3) is 0.286. The number of carboxylic acid groups (broad SMARTS) is 1. The Morgan fingerprint density at radius 2 is 1.84 bits per heavy atom.